The van der Waals surface area contributed by atoms with E-state index in [9.17, 15) is 9.59 Å². The fourth-order valence-corrected chi connectivity index (χ4v) is 1.71. The molecule has 21 heavy (non-hydrogen) atoms. The molecule has 0 aliphatic carbocycles. The first-order valence-corrected chi connectivity index (χ1v) is 6.20. The molecule has 0 bridgehead atoms. The molecule has 0 aliphatic rings. The van der Waals surface area contributed by atoms with Crippen LogP contribution in [0.4, 0.5) is 10.5 Å². The van der Waals surface area contributed by atoms with Crippen molar-refractivity contribution in [3.63, 3.8) is 0 Å². The van der Waals surface area contributed by atoms with Crippen molar-refractivity contribution in [1.29, 1.82) is 0 Å². The highest BCUT2D eigenvalue weighted by molar-refractivity contribution is 6.33. The van der Waals surface area contributed by atoms with Crippen LogP contribution in [0.2, 0.25) is 5.02 Å². The number of aryl methyl sites for hydroxylation is 1. The third-order valence-electron chi connectivity index (χ3n) is 2.43. The number of carbonyl (C=O) groups excluding carboxylic acids is 1. The molecule has 0 spiro atoms. The fourth-order valence-electron chi connectivity index (χ4n) is 1.51. The Labute approximate surface area is 124 Å². The molecule has 0 atom stereocenters. The maximum atomic E-state index is 11.7. The third kappa shape index (κ3) is 3.93. The smallest absolute Gasteiger partial charge is 0.337 e. The number of urea groups is 1. The van der Waals surface area contributed by atoms with Crippen LogP contribution >= 0.6 is 11.6 Å². The van der Waals surface area contributed by atoms with Gasteiger partial charge in [-0.2, -0.15) is 4.98 Å². The average molecular weight is 311 g/mol. The number of carboxylic acid groups (broad SMARTS) is 1. The van der Waals surface area contributed by atoms with Gasteiger partial charge in [-0.15, -0.1) is 0 Å². The van der Waals surface area contributed by atoms with Gasteiger partial charge in [0.25, 0.3) is 0 Å². The predicted octanol–water partition coefficient (Wildman–Crippen LogP) is 2.05. The van der Waals surface area contributed by atoms with Gasteiger partial charge in [0.2, 0.25) is 5.89 Å². The van der Waals surface area contributed by atoms with Crippen molar-refractivity contribution in [2.24, 2.45) is 0 Å². The summed E-state index contributed by atoms with van der Waals surface area (Å²) in [6.45, 7) is 1.72. The van der Waals surface area contributed by atoms with E-state index in [1.54, 1.807) is 6.92 Å². The van der Waals surface area contributed by atoms with E-state index >= 15 is 0 Å². The first-order valence-electron chi connectivity index (χ1n) is 5.82. The Hall–Kier alpha value is -2.61. The Morgan fingerprint density at radius 3 is 2.81 bits per heavy atom. The van der Waals surface area contributed by atoms with E-state index in [0.717, 1.165) is 0 Å². The van der Waals surface area contributed by atoms with E-state index < -0.39 is 12.0 Å². The lowest BCUT2D eigenvalue weighted by Gasteiger charge is -2.07. The molecule has 1 aromatic heterocycles. The number of amides is 2. The number of hydrogen-bond donors (Lipinski definition) is 3. The van der Waals surface area contributed by atoms with Crippen LogP contribution in [0.25, 0.3) is 0 Å². The lowest BCUT2D eigenvalue weighted by Crippen LogP contribution is -2.28. The summed E-state index contributed by atoms with van der Waals surface area (Å²) in [6.07, 6.45) is 0. The van der Waals surface area contributed by atoms with E-state index in [1.165, 1.54) is 18.2 Å². The largest absolute Gasteiger partial charge is 0.478 e. The second-order valence-corrected chi connectivity index (χ2v) is 4.44. The molecular weight excluding hydrogens is 300 g/mol. The van der Waals surface area contributed by atoms with Crippen molar-refractivity contribution in [2.45, 2.75) is 13.5 Å². The number of benzene rings is 1. The first-order chi connectivity index (χ1) is 9.95. The maximum absolute atomic E-state index is 11.7. The SMILES string of the molecule is Cc1nc(CNC(=O)Nc2ccc(Cl)c(C(=O)O)c2)no1. The lowest BCUT2D eigenvalue weighted by molar-refractivity contribution is 0.0697. The van der Waals surface area contributed by atoms with Crippen LogP contribution in [0, 0.1) is 6.92 Å². The first kappa shape index (κ1) is 14.8. The van der Waals surface area contributed by atoms with Gasteiger partial charge in [-0.3, -0.25) is 0 Å². The number of carbonyl (C=O) groups is 2. The quantitative estimate of drug-likeness (QED) is 0.795. The van der Waals surface area contributed by atoms with Gasteiger partial charge in [0, 0.05) is 12.6 Å². The minimum atomic E-state index is -1.17. The predicted molar refractivity (Wildman–Crippen MR) is 73.3 cm³/mol. The van der Waals surface area contributed by atoms with Crippen molar-refractivity contribution < 1.29 is 19.2 Å². The summed E-state index contributed by atoms with van der Waals surface area (Å²) in [5, 5.41) is 17.6. The summed E-state index contributed by atoms with van der Waals surface area (Å²) >= 11 is 5.74. The third-order valence-corrected chi connectivity index (χ3v) is 2.76. The van der Waals surface area contributed by atoms with Gasteiger partial charge in [-0.05, 0) is 18.2 Å². The van der Waals surface area contributed by atoms with Crippen LogP contribution < -0.4 is 10.6 Å². The molecule has 110 valence electrons. The van der Waals surface area contributed by atoms with E-state index in [-0.39, 0.29) is 17.1 Å². The van der Waals surface area contributed by atoms with Crippen LogP contribution in [0.1, 0.15) is 22.1 Å². The Balaban J connectivity index is 1.96. The zero-order valence-corrected chi connectivity index (χ0v) is 11.6. The molecule has 0 unspecified atom stereocenters. The summed E-state index contributed by atoms with van der Waals surface area (Å²) < 4.78 is 4.76. The molecule has 0 fully saturated rings. The van der Waals surface area contributed by atoms with Crippen LogP contribution in [0.5, 0.6) is 0 Å². The molecule has 9 heteroatoms. The minimum Gasteiger partial charge on any atom is -0.478 e. The Bertz CT molecular complexity index is 686. The van der Waals surface area contributed by atoms with Crippen LogP contribution in [0.15, 0.2) is 22.7 Å². The standard InChI is InChI=1S/C12H11ClN4O4/c1-6-15-10(17-21-6)5-14-12(20)16-7-2-3-9(13)8(4-7)11(18)19/h2-4H,5H2,1H3,(H,18,19)(H2,14,16,20). The van der Waals surface area contributed by atoms with Crippen LogP contribution in [-0.2, 0) is 6.54 Å². The van der Waals surface area contributed by atoms with Crippen LogP contribution in [0.3, 0.4) is 0 Å². The number of rotatable bonds is 4. The number of nitrogens with zero attached hydrogens (tertiary/aromatic N) is 2. The molecule has 0 radical (unpaired) electrons. The summed E-state index contributed by atoms with van der Waals surface area (Å²) in [7, 11) is 0. The minimum absolute atomic E-state index is 0.0859. The van der Waals surface area contributed by atoms with Crippen molar-refractivity contribution in [3.8, 4) is 0 Å². The monoisotopic (exact) mass is 310 g/mol. The average Bonchev–Trinajstić information content (AvgIpc) is 2.84. The Kier molecular flexibility index (Phi) is 4.39. The second kappa shape index (κ2) is 6.23. The molecule has 3 N–H and O–H groups in total. The molecule has 1 aromatic carbocycles. The van der Waals surface area contributed by atoms with Crippen molar-refractivity contribution in [1.82, 2.24) is 15.5 Å². The highest BCUT2D eigenvalue weighted by atomic mass is 35.5. The molecule has 0 aliphatic heterocycles. The maximum Gasteiger partial charge on any atom is 0.337 e. The van der Waals surface area contributed by atoms with Crippen molar-refractivity contribution >= 4 is 29.3 Å². The normalized spacial score (nSPS) is 10.2. The zero-order valence-electron chi connectivity index (χ0n) is 10.9. The number of carboxylic acids is 1. The Morgan fingerprint density at radius 2 is 2.19 bits per heavy atom. The summed E-state index contributed by atoms with van der Waals surface area (Å²) in [5.74, 6) is -0.438. The van der Waals surface area contributed by atoms with Gasteiger partial charge >= 0.3 is 12.0 Å². The molecular formula is C12H11ClN4O4. The van der Waals surface area contributed by atoms with E-state index in [0.29, 0.717) is 17.4 Å². The van der Waals surface area contributed by atoms with E-state index in [1.807, 2.05) is 0 Å². The highest BCUT2D eigenvalue weighted by Crippen LogP contribution is 2.20. The molecule has 0 saturated heterocycles. The zero-order chi connectivity index (χ0) is 15.4. The summed E-state index contributed by atoms with van der Waals surface area (Å²) in [5.41, 5.74) is 0.210. The molecule has 2 aromatic rings. The van der Waals surface area contributed by atoms with Gasteiger partial charge < -0.3 is 20.3 Å². The topological polar surface area (TPSA) is 117 Å². The number of hydrogen-bond acceptors (Lipinski definition) is 5. The second-order valence-electron chi connectivity index (χ2n) is 4.04. The highest BCUT2D eigenvalue weighted by Gasteiger charge is 2.11. The number of nitrogens with one attached hydrogen (secondary N) is 2. The van der Waals surface area contributed by atoms with Gasteiger partial charge in [0.1, 0.15) is 0 Å². The van der Waals surface area contributed by atoms with Crippen molar-refractivity contribution in [2.75, 3.05) is 5.32 Å². The molecule has 0 saturated carbocycles. The van der Waals surface area contributed by atoms with E-state index in [2.05, 4.69) is 20.8 Å². The van der Waals surface area contributed by atoms with E-state index in [4.69, 9.17) is 21.2 Å². The Morgan fingerprint density at radius 1 is 1.43 bits per heavy atom. The molecule has 2 rings (SSSR count). The van der Waals surface area contributed by atoms with Crippen LogP contribution in [-0.4, -0.2) is 27.2 Å². The lowest BCUT2D eigenvalue weighted by atomic mass is 10.2. The number of halogens is 1. The summed E-state index contributed by atoms with van der Waals surface area (Å²) in [4.78, 5) is 26.5. The van der Waals surface area contributed by atoms with Gasteiger partial charge in [-0.1, -0.05) is 16.8 Å². The molecule has 8 nitrogen and oxygen atoms in total. The number of anilines is 1. The van der Waals surface area contributed by atoms with Crippen molar-refractivity contribution in [3.05, 3.63) is 40.5 Å². The van der Waals surface area contributed by atoms with Gasteiger partial charge in [0.05, 0.1) is 17.1 Å². The van der Waals surface area contributed by atoms with Gasteiger partial charge in [-0.25, -0.2) is 9.59 Å². The molecule has 1 heterocycles. The number of aromatic carboxylic acids is 1. The van der Waals surface area contributed by atoms with Gasteiger partial charge in [0.15, 0.2) is 5.82 Å². The molecule has 2 amide bonds. The summed E-state index contributed by atoms with van der Waals surface area (Å²) in [6, 6.07) is 3.62. The number of aromatic nitrogens is 2. The fraction of sp³-hybridized carbons (Fsp3) is 0.167.